The summed E-state index contributed by atoms with van der Waals surface area (Å²) < 4.78 is 25.7. The van der Waals surface area contributed by atoms with E-state index in [9.17, 15) is 13.6 Å². The first kappa shape index (κ1) is 15.5. The van der Waals surface area contributed by atoms with Crippen molar-refractivity contribution >= 4 is 40.5 Å². The fourth-order valence-corrected chi connectivity index (χ4v) is 2.15. The third kappa shape index (κ3) is 4.58. The van der Waals surface area contributed by atoms with E-state index in [1.807, 2.05) is 0 Å². The largest absolute Gasteiger partial charge is 0.376 e. The van der Waals surface area contributed by atoms with Crippen molar-refractivity contribution in [2.45, 2.75) is 0 Å². The molecule has 0 fully saturated rings. The summed E-state index contributed by atoms with van der Waals surface area (Å²) in [7, 11) is 0. The minimum atomic E-state index is -0.984. The van der Waals surface area contributed by atoms with Crippen molar-refractivity contribution in [3.63, 3.8) is 0 Å². The molecule has 0 heterocycles. The second-order valence-electron chi connectivity index (χ2n) is 4.19. The standard InChI is InChI=1S/C14H10Cl2F2N2O/c15-8-3-9(16)5-11(4-8)20-14(21)7-19-10-1-2-12(17)13(18)6-10/h1-6,19H,7H2,(H,20,21). The van der Waals surface area contributed by atoms with Crippen molar-refractivity contribution in [3.8, 4) is 0 Å². The number of hydrogen-bond acceptors (Lipinski definition) is 2. The summed E-state index contributed by atoms with van der Waals surface area (Å²) in [6.45, 7) is -0.116. The molecule has 0 aliphatic rings. The number of rotatable bonds is 4. The molecule has 0 saturated carbocycles. The lowest BCUT2D eigenvalue weighted by Gasteiger charge is -2.09. The van der Waals surface area contributed by atoms with Crippen LogP contribution in [0, 0.1) is 11.6 Å². The molecule has 0 aliphatic carbocycles. The number of benzene rings is 2. The van der Waals surface area contributed by atoms with Crippen molar-refractivity contribution in [1.82, 2.24) is 0 Å². The zero-order valence-corrected chi connectivity index (χ0v) is 12.1. The average Bonchev–Trinajstić information content (AvgIpc) is 2.39. The lowest BCUT2D eigenvalue weighted by molar-refractivity contribution is -0.114. The smallest absolute Gasteiger partial charge is 0.243 e. The van der Waals surface area contributed by atoms with Crippen LogP contribution in [0.15, 0.2) is 36.4 Å². The molecule has 0 saturated heterocycles. The Balaban J connectivity index is 1.94. The second-order valence-corrected chi connectivity index (χ2v) is 5.06. The number of carbonyl (C=O) groups is 1. The molecule has 2 N–H and O–H groups in total. The first-order chi connectivity index (χ1) is 9.94. The monoisotopic (exact) mass is 330 g/mol. The van der Waals surface area contributed by atoms with Gasteiger partial charge in [0.15, 0.2) is 11.6 Å². The van der Waals surface area contributed by atoms with Gasteiger partial charge in [-0.15, -0.1) is 0 Å². The number of amides is 1. The summed E-state index contributed by atoms with van der Waals surface area (Å²) in [6.07, 6.45) is 0. The molecular formula is C14H10Cl2F2N2O. The van der Waals surface area contributed by atoms with Crippen LogP contribution in [0.5, 0.6) is 0 Å². The first-order valence-corrected chi connectivity index (χ1v) is 6.64. The number of hydrogen-bond donors (Lipinski definition) is 2. The molecule has 2 aromatic rings. The molecule has 110 valence electrons. The molecule has 1 amide bonds. The van der Waals surface area contributed by atoms with E-state index in [2.05, 4.69) is 10.6 Å². The Morgan fingerprint density at radius 3 is 2.24 bits per heavy atom. The third-order valence-corrected chi connectivity index (χ3v) is 2.96. The molecule has 0 bridgehead atoms. The Hall–Kier alpha value is -1.85. The van der Waals surface area contributed by atoms with Gasteiger partial charge in [-0.3, -0.25) is 4.79 Å². The molecule has 7 heteroatoms. The van der Waals surface area contributed by atoms with Gasteiger partial charge >= 0.3 is 0 Å². The summed E-state index contributed by atoms with van der Waals surface area (Å²) in [5.74, 6) is -2.31. The zero-order chi connectivity index (χ0) is 15.4. The Bertz CT molecular complexity index is 660. The number of anilines is 2. The lowest BCUT2D eigenvalue weighted by atomic mass is 10.3. The fraction of sp³-hybridized carbons (Fsp3) is 0.0714. The van der Waals surface area contributed by atoms with Crippen LogP contribution in [0.25, 0.3) is 0 Å². The maximum Gasteiger partial charge on any atom is 0.243 e. The van der Waals surface area contributed by atoms with Crippen molar-refractivity contribution in [1.29, 1.82) is 0 Å². The third-order valence-electron chi connectivity index (χ3n) is 2.52. The van der Waals surface area contributed by atoms with Crippen LogP contribution in [0.3, 0.4) is 0 Å². The van der Waals surface area contributed by atoms with Gasteiger partial charge in [-0.05, 0) is 30.3 Å². The zero-order valence-electron chi connectivity index (χ0n) is 10.6. The lowest BCUT2D eigenvalue weighted by Crippen LogP contribution is -2.21. The quantitative estimate of drug-likeness (QED) is 0.876. The molecule has 2 rings (SSSR count). The summed E-state index contributed by atoms with van der Waals surface area (Å²) >= 11 is 11.6. The number of halogens is 4. The normalized spacial score (nSPS) is 10.3. The SMILES string of the molecule is O=C(CNc1ccc(F)c(F)c1)Nc1cc(Cl)cc(Cl)c1. The highest BCUT2D eigenvalue weighted by Gasteiger charge is 2.06. The van der Waals surface area contributed by atoms with E-state index >= 15 is 0 Å². The van der Waals surface area contributed by atoms with E-state index in [1.54, 1.807) is 12.1 Å². The van der Waals surface area contributed by atoms with E-state index in [-0.39, 0.29) is 12.5 Å². The van der Waals surface area contributed by atoms with Crippen LogP contribution in [-0.2, 0) is 4.79 Å². The second kappa shape index (κ2) is 6.74. The number of carbonyl (C=O) groups excluding carboxylic acids is 1. The Morgan fingerprint density at radius 2 is 1.62 bits per heavy atom. The molecule has 3 nitrogen and oxygen atoms in total. The van der Waals surface area contributed by atoms with Gasteiger partial charge in [0.05, 0.1) is 6.54 Å². The highest BCUT2D eigenvalue weighted by molar-refractivity contribution is 6.35. The maximum absolute atomic E-state index is 13.0. The Morgan fingerprint density at radius 1 is 0.952 bits per heavy atom. The van der Waals surface area contributed by atoms with Gasteiger partial charge in [0, 0.05) is 27.5 Å². The minimum Gasteiger partial charge on any atom is -0.376 e. The molecule has 0 radical (unpaired) electrons. The summed E-state index contributed by atoms with van der Waals surface area (Å²) in [6, 6.07) is 7.91. The number of nitrogens with one attached hydrogen (secondary N) is 2. The van der Waals surface area contributed by atoms with Crippen molar-refractivity contribution in [3.05, 3.63) is 58.1 Å². The first-order valence-electron chi connectivity index (χ1n) is 5.89. The Labute approximate surface area is 129 Å². The topological polar surface area (TPSA) is 41.1 Å². The van der Waals surface area contributed by atoms with Crippen molar-refractivity contribution in [2.75, 3.05) is 17.2 Å². The van der Waals surface area contributed by atoms with Crippen LogP contribution in [0.1, 0.15) is 0 Å². The highest BCUT2D eigenvalue weighted by atomic mass is 35.5. The van der Waals surface area contributed by atoms with Crippen molar-refractivity contribution in [2.24, 2.45) is 0 Å². The molecular weight excluding hydrogens is 321 g/mol. The predicted molar refractivity (Wildman–Crippen MR) is 79.9 cm³/mol. The molecule has 0 unspecified atom stereocenters. The summed E-state index contributed by atoms with van der Waals surface area (Å²) in [5, 5.41) is 6.05. The molecule has 0 atom stereocenters. The van der Waals surface area contributed by atoms with Gasteiger partial charge in [-0.25, -0.2) is 8.78 Å². The van der Waals surface area contributed by atoms with E-state index in [4.69, 9.17) is 23.2 Å². The van der Waals surface area contributed by atoms with Crippen LogP contribution >= 0.6 is 23.2 Å². The maximum atomic E-state index is 13.0. The van der Waals surface area contributed by atoms with Crippen molar-refractivity contribution < 1.29 is 13.6 Å². The fourth-order valence-electron chi connectivity index (χ4n) is 1.62. The van der Waals surface area contributed by atoms with Gasteiger partial charge < -0.3 is 10.6 Å². The van der Waals surface area contributed by atoms with Gasteiger partial charge in [-0.2, -0.15) is 0 Å². The molecule has 2 aromatic carbocycles. The van der Waals surface area contributed by atoms with Crippen LogP contribution in [0.4, 0.5) is 20.2 Å². The molecule has 0 aromatic heterocycles. The molecule has 0 spiro atoms. The summed E-state index contributed by atoms with van der Waals surface area (Å²) in [4.78, 5) is 11.7. The van der Waals surface area contributed by atoms with Gasteiger partial charge in [0.25, 0.3) is 0 Å². The predicted octanol–water partition coefficient (Wildman–Crippen LogP) is 4.32. The highest BCUT2D eigenvalue weighted by Crippen LogP contribution is 2.22. The van der Waals surface area contributed by atoms with Crippen LogP contribution < -0.4 is 10.6 Å². The van der Waals surface area contributed by atoms with Gasteiger partial charge in [0.1, 0.15) is 0 Å². The van der Waals surface area contributed by atoms with E-state index in [0.29, 0.717) is 21.4 Å². The van der Waals surface area contributed by atoms with E-state index < -0.39 is 11.6 Å². The van der Waals surface area contributed by atoms with E-state index in [1.165, 1.54) is 12.1 Å². The van der Waals surface area contributed by atoms with Crippen LogP contribution in [-0.4, -0.2) is 12.5 Å². The van der Waals surface area contributed by atoms with Crippen LogP contribution in [0.2, 0.25) is 10.0 Å². The average molecular weight is 331 g/mol. The Kier molecular flexibility index (Phi) is 4.98. The van der Waals surface area contributed by atoms with Gasteiger partial charge in [-0.1, -0.05) is 23.2 Å². The molecule has 21 heavy (non-hydrogen) atoms. The minimum absolute atomic E-state index is 0.116. The molecule has 0 aliphatic heterocycles. The van der Waals surface area contributed by atoms with E-state index in [0.717, 1.165) is 12.1 Å². The summed E-state index contributed by atoms with van der Waals surface area (Å²) in [5.41, 5.74) is 0.748. The van der Waals surface area contributed by atoms with Gasteiger partial charge in [0.2, 0.25) is 5.91 Å².